The lowest BCUT2D eigenvalue weighted by atomic mass is 9.69. The van der Waals surface area contributed by atoms with Gasteiger partial charge in [-0.15, -0.1) is 0 Å². The monoisotopic (exact) mass is 851 g/mol. The molecule has 14 rings (SSSR count). The van der Waals surface area contributed by atoms with Crippen LogP contribution in [0.25, 0.3) is 41.3 Å². The Labute approximate surface area is 379 Å². The SMILES string of the molecule is CC12CCCC=C1N(c1ccc(N3C4=CCCCC4C4C=c5oc6ccccc6c5=CC43)c(C3=NC(C4=CC=CCC4)N=C(c4ccccc4)N3)c1)C1C=c3c4c(oc3=CC12)CCC=C4. The summed E-state index contributed by atoms with van der Waals surface area (Å²) in [6.45, 7) is 2.51. The number of aliphatic imine (C=N–C) groups is 2. The van der Waals surface area contributed by atoms with Crippen LogP contribution in [0.2, 0.25) is 0 Å². The summed E-state index contributed by atoms with van der Waals surface area (Å²) in [5, 5.41) is 7.54. The molecule has 9 aliphatic rings. The molecule has 2 aromatic heterocycles. The normalized spacial score (nSPS) is 29.0. The van der Waals surface area contributed by atoms with Gasteiger partial charge in [0.15, 0.2) is 6.17 Å². The number of hydrogen-bond donors (Lipinski definition) is 1. The van der Waals surface area contributed by atoms with Gasteiger partial charge in [0.25, 0.3) is 0 Å². The van der Waals surface area contributed by atoms with Crippen molar-refractivity contribution in [3.05, 3.63) is 170 Å². The van der Waals surface area contributed by atoms with Crippen molar-refractivity contribution in [2.45, 2.75) is 89.4 Å². The zero-order valence-corrected chi connectivity index (χ0v) is 36.9. The standard InChI is InChI=1S/C58H53N5O2/c1-58-29-15-14-26-54(58)62(49-32-43-40-22-10-13-25-51(40)65-53(43)34-45(49)58)37-27-28-47(44(30-37)57-60-55(35-16-4-2-5-17-35)59-56(61-57)36-18-6-3-7-19-36)63-46-23-11-8-20-38(46)41-33-52-42(31-48(41)63)39-21-9-12-24-50(39)64-52/h2-6,9-10,12,16-18,21-24,26-28,30-34,38,41,45,48-49,56H,7-8,11,13-15,19-20,25,29H2,1H3,(H,59,60,61). The predicted octanol–water partition coefficient (Wildman–Crippen LogP) is 9.30. The smallest absolute Gasteiger partial charge is 0.166 e. The van der Waals surface area contributed by atoms with Crippen LogP contribution in [0.3, 0.4) is 0 Å². The van der Waals surface area contributed by atoms with E-state index in [4.69, 9.17) is 18.8 Å². The van der Waals surface area contributed by atoms with E-state index in [2.05, 4.69) is 162 Å². The first kappa shape index (κ1) is 37.7. The van der Waals surface area contributed by atoms with Crippen molar-refractivity contribution < 1.29 is 8.83 Å². The van der Waals surface area contributed by atoms with Crippen molar-refractivity contribution in [3.63, 3.8) is 0 Å². The Hall–Kier alpha value is -6.60. The van der Waals surface area contributed by atoms with Gasteiger partial charge in [-0.2, -0.15) is 0 Å². The van der Waals surface area contributed by atoms with Crippen LogP contribution in [0.15, 0.2) is 145 Å². The number of para-hydroxylation sites is 1. The van der Waals surface area contributed by atoms with E-state index < -0.39 is 0 Å². The Bertz CT molecular complexity index is 3340. The van der Waals surface area contributed by atoms with E-state index in [0.29, 0.717) is 11.8 Å². The molecule has 2 saturated heterocycles. The quantitative estimate of drug-likeness (QED) is 0.191. The fourth-order valence-corrected chi connectivity index (χ4v) is 13.2. The summed E-state index contributed by atoms with van der Waals surface area (Å²) in [4.78, 5) is 16.4. The van der Waals surface area contributed by atoms with Gasteiger partial charge in [-0.25, -0.2) is 9.98 Å². The molecule has 6 aliphatic carbocycles. The molecule has 0 spiro atoms. The Kier molecular flexibility index (Phi) is 8.39. The summed E-state index contributed by atoms with van der Waals surface area (Å²) < 4.78 is 13.2. The third-order valence-corrected chi connectivity index (χ3v) is 16.2. The van der Waals surface area contributed by atoms with Crippen molar-refractivity contribution in [1.29, 1.82) is 0 Å². The van der Waals surface area contributed by atoms with Gasteiger partial charge in [-0.3, -0.25) is 0 Å². The Morgan fingerprint density at radius 3 is 2.52 bits per heavy atom. The van der Waals surface area contributed by atoms with E-state index in [1.165, 1.54) is 62.6 Å². The van der Waals surface area contributed by atoms with Gasteiger partial charge in [0.1, 0.15) is 33.8 Å². The van der Waals surface area contributed by atoms with Gasteiger partial charge in [-0.1, -0.05) is 98.0 Å². The fourth-order valence-electron chi connectivity index (χ4n) is 13.2. The molecule has 0 saturated carbocycles. The maximum absolute atomic E-state index is 6.66. The topological polar surface area (TPSA) is 69.5 Å². The average Bonchev–Trinajstić information content (AvgIpc) is 4.08. The van der Waals surface area contributed by atoms with Crippen molar-refractivity contribution in [2.75, 3.05) is 9.80 Å². The molecule has 3 aliphatic heterocycles. The molecule has 322 valence electrons. The summed E-state index contributed by atoms with van der Waals surface area (Å²) in [6.07, 6.45) is 36.9. The van der Waals surface area contributed by atoms with Crippen LogP contribution in [-0.2, 0) is 6.42 Å². The largest absolute Gasteiger partial charge is 0.461 e. The number of rotatable bonds is 5. The van der Waals surface area contributed by atoms with E-state index in [9.17, 15) is 0 Å². The van der Waals surface area contributed by atoms with Gasteiger partial charge in [0.05, 0.1) is 17.8 Å². The maximum atomic E-state index is 6.66. The molecular weight excluding hydrogens is 799 g/mol. The number of anilines is 2. The van der Waals surface area contributed by atoms with Crippen LogP contribution >= 0.6 is 0 Å². The van der Waals surface area contributed by atoms with Crippen molar-refractivity contribution >= 4 is 64.4 Å². The highest BCUT2D eigenvalue weighted by Crippen LogP contribution is 2.57. The van der Waals surface area contributed by atoms with Crippen LogP contribution in [0.1, 0.15) is 87.2 Å². The second-order valence-electron chi connectivity index (χ2n) is 19.8. The maximum Gasteiger partial charge on any atom is 0.166 e. The number of amidine groups is 2. The van der Waals surface area contributed by atoms with Crippen LogP contribution < -0.4 is 36.4 Å². The summed E-state index contributed by atoms with van der Waals surface area (Å²) >= 11 is 0. The number of allylic oxidation sites excluding steroid dienone is 8. The first-order valence-corrected chi connectivity index (χ1v) is 24.3. The summed E-state index contributed by atoms with van der Waals surface area (Å²) in [6, 6.07) is 26.7. The second-order valence-corrected chi connectivity index (χ2v) is 19.8. The highest BCUT2D eigenvalue weighted by atomic mass is 16.3. The van der Waals surface area contributed by atoms with Crippen molar-refractivity contribution in [3.8, 4) is 0 Å². The molecule has 7 atom stereocenters. The number of nitrogens with zero attached hydrogens (tertiary/aromatic N) is 4. The van der Waals surface area contributed by atoms with E-state index in [-0.39, 0.29) is 29.6 Å². The van der Waals surface area contributed by atoms with Gasteiger partial charge in [0, 0.05) is 79.2 Å². The van der Waals surface area contributed by atoms with Gasteiger partial charge >= 0.3 is 0 Å². The molecule has 7 nitrogen and oxygen atoms in total. The summed E-state index contributed by atoms with van der Waals surface area (Å²) in [5.74, 6) is 3.84. The zero-order valence-electron chi connectivity index (χ0n) is 36.9. The third kappa shape index (κ3) is 5.73. The average molecular weight is 852 g/mol. The van der Waals surface area contributed by atoms with Crippen molar-refractivity contribution in [2.24, 2.45) is 33.2 Å². The molecule has 0 bridgehead atoms. The number of hydrogen-bond acceptors (Lipinski definition) is 7. The lowest BCUT2D eigenvalue weighted by Gasteiger charge is -2.36. The molecular formula is C58H53N5O2. The Morgan fingerprint density at radius 2 is 1.60 bits per heavy atom. The number of benzene rings is 3. The van der Waals surface area contributed by atoms with E-state index >= 15 is 0 Å². The van der Waals surface area contributed by atoms with Crippen LogP contribution in [0, 0.1) is 23.2 Å². The van der Waals surface area contributed by atoms with Gasteiger partial charge < -0.3 is 24.0 Å². The molecule has 65 heavy (non-hydrogen) atoms. The minimum absolute atomic E-state index is 0.0147. The number of aryl methyl sites for hydroxylation is 1. The number of furan rings is 2. The highest BCUT2D eigenvalue weighted by molar-refractivity contribution is 6.18. The van der Waals surface area contributed by atoms with E-state index in [0.717, 1.165) is 96.3 Å². The molecule has 1 N–H and O–H groups in total. The molecule has 0 radical (unpaired) electrons. The lowest BCUT2D eigenvalue weighted by molar-refractivity contribution is 0.292. The molecule has 7 unspecified atom stereocenters. The number of fused-ring (bicyclic) bond motifs is 12. The Morgan fingerprint density at radius 1 is 0.754 bits per heavy atom. The van der Waals surface area contributed by atoms with Crippen LogP contribution in [0.5, 0.6) is 0 Å². The van der Waals surface area contributed by atoms with Crippen LogP contribution in [-0.4, -0.2) is 29.9 Å². The predicted molar refractivity (Wildman–Crippen MR) is 263 cm³/mol. The fraction of sp³-hybridized carbons (Fsp3) is 0.310. The lowest BCUT2D eigenvalue weighted by Crippen LogP contribution is -2.42. The molecule has 7 heteroatoms. The molecule has 5 heterocycles. The molecule has 2 fully saturated rings. The van der Waals surface area contributed by atoms with Gasteiger partial charge in [-0.05, 0) is 112 Å². The van der Waals surface area contributed by atoms with Crippen LogP contribution in [0.4, 0.5) is 11.4 Å². The highest BCUT2D eigenvalue weighted by Gasteiger charge is 2.54. The molecule has 0 amide bonds. The molecule has 3 aromatic carbocycles. The van der Waals surface area contributed by atoms with Crippen molar-refractivity contribution in [1.82, 2.24) is 5.32 Å². The Balaban J connectivity index is 0.988. The second kappa shape index (κ2) is 14.5. The molecule has 5 aromatic rings. The van der Waals surface area contributed by atoms with E-state index in [1.54, 1.807) is 0 Å². The van der Waals surface area contributed by atoms with Gasteiger partial charge in [0.2, 0.25) is 0 Å². The minimum Gasteiger partial charge on any atom is -0.461 e. The zero-order chi connectivity index (χ0) is 42.8. The number of nitrogens with one attached hydrogen (secondary N) is 1. The minimum atomic E-state index is -0.328. The first-order chi connectivity index (χ1) is 32.1. The summed E-state index contributed by atoms with van der Waals surface area (Å²) in [7, 11) is 0. The summed E-state index contributed by atoms with van der Waals surface area (Å²) in [5.41, 5.74) is 12.9. The van der Waals surface area contributed by atoms with E-state index in [1.807, 2.05) is 0 Å². The third-order valence-electron chi connectivity index (χ3n) is 16.2. The first-order valence-electron chi connectivity index (χ1n) is 24.3.